The molecule has 0 aliphatic heterocycles. The minimum Gasteiger partial charge on any atom is -0.459 e. The van der Waals surface area contributed by atoms with Gasteiger partial charge in [-0.3, -0.25) is 14.4 Å². The Balaban J connectivity index is 1.88. The maximum atomic E-state index is 13.5. The molecule has 2 heterocycles. The second-order valence-corrected chi connectivity index (χ2v) is 5.82. The number of benzene rings is 1. The van der Waals surface area contributed by atoms with Crippen molar-refractivity contribution >= 4 is 23.2 Å². The number of amides is 2. The summed E-state index contributed by atoms with van der Waals surface area (Å²) >= 11 is 0. The molecule has 0 aliphatic rings. The van der Waals surface area contributed by atoms with Crippen molar-refractivity contribution in [2.45, 2.75) is 6.18 Å². The molecule has 1 aromatic carbocycles. The molecule has 0 saturated heterocycles. The van der Waals surface area contributed by atoms with Crippen molar-refractivity contribution < 1.29 is 27.2 Å². The van der Waals surface area contributed by atoms with Crippen molar-refractivity contribution in [2.75, 3.05) is 10.6 Å². The molecule has 3 aromatic rings. The summed E-state index contributed by atoms with van der Waals surface area (Å²) in [4.78, 5) is 35.5. The van der Waals surface area contributed by atoms with E-state index in [9.17, 15) is 27.6 Å². The molecule has 29 heavy (non-hydrogen) atoms. The lowest BCUT2D eigenvalue weighted by atomic mass is 10.1. The molecular weight excluding hydrogens is 393 g/mol. The minimum atomic E-state index is -4.81. The Kier molecular flexibility index (Phi) is 5.22. The molecule has 0 aliphatic carbocycles. The average Bonchev–Trinajstić information content (AvgIpc) is 3.19. The standard InChI is InChI=1S/C18H13F3N4O4/c1-25-15(26)7-6-13(24-25)16(27)23-12-5-4-10(9-11(12)18(19,20)21)22-17(28)14-3-2-8-29-14/h2-9H,1H3,(H,22,28)(H,23,27). The number of rotatable bonds is 4. The van der Waals surface area contributed by atoms with Crippen LogP contribution in [0, 0.1) is 0 Å². The van der Waals surface area contributed by atoms with Gasteiger partial charge < -0.3 is 15.1 Å². The van der Waals surface area contributed by atoms with Crippen molar-refractivity contribution in [3.63, 3.8) is 0 Å². The summed E-state index contributed by atoms with van der Waals surface area (Å²) in [6.07, 6.45) is -3.56. The number of anilines is 2. The lowest BCUT2D eigenvalue weighted by Gasteiger charge is -2.15. The molecule has 150 valence electrons. The molecule has 11 heteroatoms. The van der Waals surface area contributed by atoms with E-state index in [-0.39, 0.29) is 17.1 Å². The van der Waals surface area contributed by atoms with Crippen molar-refractivity contribution in [3.8, 4) is 0 Å². The summed E-state index contributed by atoms with van der Waals surface area (Å²) in [7, 11) is 1.30. The third-order valence-electron chi connectivity index (χ3n) is 3.77. The number of furan rings is 1. The molecule has 2 aromatic heterocycles. The molecule has 0 saturated carbocycles. The van der Waals surface area contributed by atoms with Gasteiger partial charge in [0.25, 0.3) is 17.4 Å². The van der Waals surface area contributed by atoms with Gasteiger partial charge in [-0.05, 0) is 36.4 Å². The Bertz CT molecular complexity index is 1120. The smallest absolute Gasteiger partial charge is 0.418 e. The highest BCUT2D eigenvalue weighted by Crippen LogP contribution is 2.36. The van der Waals surface area contributed by atoms with Gasteiger partial charge in [0, 0.05) is 18.8 Å². The number of carbonyl (C=O) groups excluding carboxylic acids is 2. The fourth-order valence-electron chi connectivity index (χ4n) is 2.38. The Morgan fingerprint density at radius 1 is 1.07 bits per heavy atom. The van der Waals surface area contributed by atoms with Crippen molar-refractivity contribution in [1.29, 1.82) is 0 Å². The largest absolute Gasteiger partial charge is 0.459 e. The fraction of sp³-hybridized carbons (Fsp3) is 0.111. The number of halogens is 3. The van der Waals surface area contributed by atoms with Gasteiger partial charge in [0.05, 0.1) is 17.5 Å². The molecule has 3 rings (SSSR count). The number of aryl methyl sites for hydroxylation is 1. The van der Waals surface area contributed by atoms with Crippen LogP contribution < -0.4 is 16.2 Å². The predicted octanol–water partition coefficient (Wildman–Crippen LogP) is 2.90. The molecule has 0 fully saturated rings. The highest BCUT2D eigenvalue weighted by atomic mass is 19.4. The van der Waals surface area contributed by atoms with Crippen LogP contribution in [0.25, 0.3) is 0 Å². The van der Waals surface area contributed by atoms with Crippen LogP contribution in [0.1, 0.15) is 26.6 Å². The number of nitrogens with zero attached hydrogens (tertiary/aromatic N) is 2. The highest BCUT2D eigenvalue weighted by Gasteiger charge is 2.34. The van der Waals surface area contributed by atoms with E-state index in [1.54, 1.807) is 0 Å². The maximum absolute atomic E-state index is 13.5. The lowest BCUT2D eigenvalue weighted by Crippen LogP contribution is -2.24. The van der Waals surface area contributed by atoms with Gasteiger partial charge in [-0.2, -0.15) is 18.3 Å². The van der Waals surface area contributed by atoms with Gasteiger partial charge in [-0.25, -0.2) is 4.68 Å². The summed E-state index contributed by atoms with van der Waals surface area (Å²) < 4.78 is 46.2. The Morgan fingerprint density at radius 3 is 2.45 bits per heavy atom. The van der Waals surface area contributed by atoms with E-state index in [4.69, 9.17) is 4.42 Å². The summed E-state index contributed by atoms with van der Waals surface area (Å²) in [6.45, 7) is 0. The average molecular weight is 406 g/mol. The normalized spacial score (nSPS) is 11.2. The minimum absolute atomic E-state index is 0.0725. The molecular formula is C18H13F3N4O4. The summed E-state index contributed by atoms with van der Waals surface area (Å²) in [6, 6.07) is 7.87. The van der Waals surface area contributed by atoms with Gasteiger partial charge in [0.2, 0.25) is 0 Å². The Morgan fingerprint density at radius 2 is 1.83 bits per heavy atom. The first-order chi connectivity index (χ1) is 13.6. The molecule has 0 unspecified atom stereocenters. The molecule has 2 amide bonds. The molecule has 8 nitrogen and oxygen atoms in total. The zero-order chi connectivity index (χ0) is 21.2. The highest BCUT2D eigenvalue weighted by molar-refractivity contribution is 6.04. The third-order valence-corrected chi connectivity index (χ3v) is 3.77. The quantitative estimate of drug-likeness (QED) is 0.693. The van der Waals surface area contributed by atoms with E-state index in [1.165, 1.54) is 31.5 Å². The number of hydrogen-bond donors (Lipinski definition) is 2. The summed E-state index contributed by atoms with van der Waals surface area (Å²) in [5, 5.41) is 8.10. The first-order valence-electron chi connectivity index (χ1n) is 8.07. The first-order valence-corrected chi connectivity index (χ1v) is 8.07. The van der Waals surface area contributed by atoms with Gasteiger partial charge in [-0.15, -0.1) is 0 Å². The maximum Gasteiger partial charge on any atom is 0.418 e. The second-order valence-electron chi connectivity index (χ2n) is 5.82. The van der Waals surface area contributed by atoms with Crippen LogP contribution in [0.5, 0.6) is 0 Å². The van der Waals surface area contributed by atoms with Gasteiger partial charge in [0.15, 0.2) is 5.76 Å². The van der Waals surface area contributed by atoms with Crippen LogP contribution in [0.4, 0.5) is 24.5 Å². The first kappa shape index (κ1) is 19.9. The molecule has 2 N–H and O–H groups in total. The summed E-state index contributed by atoms with van der Waals surface area (Å²) in [5.41, 5.74) is -2.57. The van der Waals surface area contributed by atoms with Crippen molar-refractivity contribution in [2.24, 2.45) is 7.05 Å². The van der Waals surface area contributed by atoms with Gasteiger partial charge in [-0.1, -0.05) is 0 Å². The number of alkyl halides is 3. The number of hydrogen-bond acceptors (Lipinski definition) is 5. The van der Waals surface area contributed by atoms with Crippen molar-refractivity contribution in [1.82, 2.24) is 9.78 Å². The van der Waals surface area contributed by atoms with Gasteiger partial charge in [0.1, 0.15) is 5.69 Å². The lowest BCUT2D eigenvalue weighted by molar-refractivity contribution is -0.136. The van der Waals surface area contributed by atoms with E-state index < -0.39 is 34.8 Å². The van der Waals surface area contributed by atoms with E-state index >= 15 is 0 Å². The number of aromatic nitrogens is 2. The van der Waals surface area contributed by atoms with Crippen LogP contribution in [-0.2, 0) is 13.2 Å². The Labute approximate surface area is 160 Å². The monoisotopic (exact) mass is 406 g/mol. The fourth-order valence-corrected chi connectivity index (χ4v) is 2.38. The Hall–Kier alpha value is -3.89. The molecule has 0 atom stereocenters. The topological polar surface area (TPSA) is 106 Å². The summed E-state index contributed by atoms with van der Waals surface area (Å²) in [5.74, 6) is -1.73. The van der Waals surface area contributed by atoms with Crippen LogP contribution >= 0.6 is 0 Å². The van der Waals surface area contributed by atoms with Crippen LogP contribution in [-0.4, -0.2) is 21.6 Å². The zero-order valence-electron chi connectivity index (χ0n) is 14.8. The van der Waals surface area contributed by atoms with Crippen LogP contribution in [0.15, 0.2) is 57.9 Å². The molecule has 0 spiro atoms. The van der Waals surface area contributed by atoms with Crippen LogP contribution in [0.3, 0.4) is 0 Å². The van der Waals surface area contributed by atoms with E-state index in [0.29, 0.717) is 6.07 Å². The van der Waals surface area contributed by atoms with Gasteiger partial charge >= 0.3 is 6.18 Å². The predicted molar refractivity (Wildman–Crippen MR) is 95.5 cm³/mol. The SMILES string of the molecule is Cn1nc(C(=O)Nc2ccc(NC(=O)c3ccco3)cc2C(F)(F)F)ccc1=O. The zero-order valence-corrected chi connectivity index (χ0v) is 14.8. The van der Waals surface area contributed by atoms with E-state index in [1.807, 2.05) is 0 Å². The molecule has 0 bridgehead atoms. The third kappa shape index (κ3) is 4.51. The molecule has 0 radical (unpaired) electrons. The van der Waals surface area contributed by atoms with E-state index in [0.717, 1.165) is 22.9 Å². The number of carbonyl (C=O) groups is 2. The second kappa shape index (κ2) is 7.62. The van der Waals surface area contributed by atoms with Crippen molar-refractivity contribution in [3.05, 3.63) is 76.1 Å². The van der Waals surface area contributed by atoms with E-state index in [2.05, 4.69) is 15.7 Å². The number of nitrogens with one attached hydrogen (secondary N) is 2. The van der Waals surface area contributed by atoms with Crippen LogP contribution in [0.2, 0.25) is 0 Å².